The smallest absolute Gasteiger partial charge is 0.329 e. The first-order valence-electron chi connectivity index (χ1n) is 8.19. The highest BCUT2D eigenvalue weighted by molar-refractivity contribution is 9.10. The number of hydrogen-bond donors (Lipinski definition) is 2. The number of hydrogen-bond acceptors (Lipinski definition) is 3. The molecule has 26 heavy (non-hydrogen) atoms. The zero-order chi connectivity index (χ0) is 19.5. The number of hydrazone groups is 1. The molecule has 6 nitrogen and oxygen atoms in total. The van der Waals surface area contributed by atoms with E-state index in [0.717, 1.165) is 27.1 Å². The van der Waals surface area contributed by atoms with Crippen molar-refractivity contribution >= 4 is 34.0 Å². The molecular formula is C19H23BrN4O2. The van der Waals surface area contributed by atoms with Gasteiger partial charge < -0.3 is 9.88 Å². The van der Waals surface area contributed by atoms with Crippen LogP contribution in [-0.4, -0.2) is 28.1 Å². The molecule has 0 atom stereocenters. The molecule has 0 aliphatic heterocycles. The molecule has 0 aliphatic carbocycles. The highest BCUT2D eigenvalue weighted by Gasteiger charge is 2.19. The Balaban J connectivity index is 2.14. The number of halogens is 1. The van der Waals surface area contributed by atoms with E-state index in [1.54, 1.807) is 27.0 Å². The predicted molar refractivity (Wildman–Crippen MR) is 107 cm³/mol. The van der Waals surface area contributed by atoms with Gasteiger partial charge in [-0.1, -0.05) is 22.0 Å². The monoisotopic (exact) mass is 418 g/mol. The fraction of sp³-hybridized carbons (Fsp3) is 0.316. The van der Waals surface area contributed by atoms with Gasteiger partial charge in [-0.2, -0.15) is 5.10 Å². The molecule has 0 bridgehead atoms. The van der Waals surface area contributed by atoms with Crippen LogP contribution in [0, 0.1) is 13.8 Å². The van der Waals surface area contributed by atoms with Gasteiger partial charge in [0.25, 0.3) is 0 Å². The molecule has 2 rings (SSSR count). The molecular weight excluding hydrogens is 396 g/mol. The minimum atomic E-state index is -0.794. The largest absolute Gasteiger partial charge is 0.343 e. The van der Waals surface area contributed by atoms with E-state index in [4.69, 9.17) is 0 Å². The lowest BCUT2D eigenvalue weighted by atomic mass is 10.1. The van der Waals surface area contributed by atoms with E-state index in [-0.39, 0.29) is 0 Å². The topological polar surface area (TPSA) is 75.5 Å². The van der Waals surface area contributed by atoms with Gasteiger partial charge in [0.2, 0.25) is 0 Å². The molecule has 7 heteroatoms. The quantitative estimate of drug-likeness (QED) is 0.456. The van der Waals surface area contributed by atoms with Gasteiger partial charge in [-0.05, 0) is 58.9 Å². The van der Waals surface area contributed by atoms with Crippen molar-refractivity contribution in [1.29, 1.82) is 0 Å². The molecule has 0 unspecified atom stereocenters. The first-order chi connectivity index (χ1) is 12.1. The summed E-state index contributed by atoms with van der Waals surface area (Å²) in [5, 5.41) is 6.50. The summed E-state index contributed by atoms with van der Waals surface area (Å²) >= 11 is 3.48. The number of nitrogens with one attached hydrogen (secondary N) is 2. The Morgan fingerprint density at radius 1 is 1.15 bits per heavy atom. The number of aryl methyl sites for hydroxylation is 1. The molecule has 0 saturated heterocycles. The average Bonchev–Trinajstić information content (AvgIpc) is 2.79. The molecule has 0 saturated carbocycles. The van der Waals surface area contributed by atoms with Crippen LogP contribution >= 0.6 is 15.9 Å². The molecule has 2 aromatic rings. The van der Waals surface area contributed by atoms with Gasteiger partial charge in [0.1, 0.15) is 0 Å². The van der Waals surface area contributed by atoms with Crippen LogP contribution in [0.5, 0.6) is 0 Å². The van der Waals surface area contributed by atoms with Crippen LogP contribution < -0.4 is 10.7 Å². The third-order valence-corrected chi connectivity index (χ3v) is 4.09. The highest BCUT2D eigenvalue weighted by atomic mass is 79.9. The molecule has 0 radical (unpaired) electrons. The number of nitrogens with zero attached hydrogens (tertiary/aromatic N) is 2. The van der Waals surface area contributed by atoms with Gasteiger partial charge in [-0.15, -0.1) is 0 Å². The maximum Gasteiger partial charge on any atom is 0.329 e. The predicted octanol–water partition coefficient (Wildman–Crippen LogP) is 3.22. The molecule has 1 aromatic heterocycles. The summed E-state index contributed by atoms with van der Waals surface area (Å²) in [5.41, 5.74) is 5.70. The molecule has 0 spiro atoms. The minimum Gasteiger partial charge on any atom is -0.343 e. The Labute approximate surface area is 161 Å². The van der Waals surface area contributed by atoms with Crippen LogP contribution in [0.4, 0.5) is 0 Å². The van der Waals surface area contributed by atoms with Gasteiger partial charge in [-0.3, -0.25) is 9.59 Å². The summed E-state index contributed by atoms with van der Waals surface area (Å²) in [7, 11) is 0. The summed E-state index contributed by atoms with van der Waals surface area (Å²) in [6, 6.07) is 9.96. The van der Waals surface area contributed by atoms with E-state index in [0.29, 0.717) is 0 Å². The lowest BCUT2D eigenvalue weighted by molar-refractivity contribution is -0.140. The fourth-order valence-corrected chi connectivity index (χ4v) is 2.93. The van der Waals surface area contributed by atoms with Crippen molar-refractivity contribution in [3.05, 3.63) is 51.8 Å². The lowest BCUT2D eigenvalue weighted by Crippen LogP contribution is -2.47. The molecule has 1 aromatic carbocycles. The average molecular weight is 419 g/mol. The van der Waals surface area contributed by atoms with E-state index in [2.05, 4.69) is 36.3 Å². The van der Waals surface area contributed by atoms with Crippen molar-refractivity contribution in [1.82, 2.24) is 15.3 Å². The van der Waals surface area contributed by atoms with Gasteiger partial charge in [0, 0.05) is 32.7 Å². The van der Waals surface area contributed by atoms with E-state index in [9.17, 15) is 9.59 Å². The van der Waals surface area contributed by atoms with Crippen LogP contribution in [-0.2, 0) is 9.59 Å². The Kier molecular flexibility index (Phi) is 6.02. The normalized spacial score (nSPS) is 11.6. The van der Waals surface area contributed by atoms with E-state index >= 15 is 0 Å². The van der Waals surface area contributed by atoms with Gasteiger partial charge in [-0.25, -0.2) is 5.43 Å². The summed E-state index contributed by atoms with van der Waals surface area (Å²) in [4.78, 5) is 23.5. The van der Waals surface area contributed by atoms with Crippen molar-refractivity contribution in [3.63, 3.8) is 0 Å². The Morgan fingerprint density at radius 3 is 2.46 bits per heavy atom. The zero-order valence-corrected chi connectivity index (χ0v) is 17.1. The molecule has 0 aliphatic rings. The van der Waals surface area contributed by atoms with Crippen molar-refractivity contribution < 1.29 is 9.59 Å². The van der Waals surface area contributed by atoms with Gasteiger partial charge in [0.15, 0.2) is 0 Å². The van der Waals surface area contributed by atoms with Crippen LogP contribution in [0.3, 0.4) is 0 Å². The summed E-state index contributed by atoms with van der Waals surface area (Å²) in [5.74, 6) is -1.51. The second-order valence-electron chi connectivity index (χ2n) is 7.05. The number of rotatable bonds is 3. The maximum atomic E-state index is 11.8. The highest BCUT2D eigenvalue weighted by Crippen LogP contribution is 2.22. The Morgan fingerprint density at radius 2 is 1.85 bits per heavy atom. The second kappa shape index (κ2) is 7.86. The van der Waals surface area contributed by atoms with Crippen LogP contribution in [0.1, 0.15) is 37.7 Å². The number of carbonyl (C=O) groups is 2. The van der Waals surface area contributed by atoms with E-state index < -0.39 is 17.4 Å². The van der Waals surface area contributed by atoms with E-state index in [1.165, 1.54) is 0 Å². The van der Waals surface area contributed by atoms with Crippen molar-refractivity contribution in [2.75, 3.05) is 0 Å². The SMILES string of the molecule is Cc1cc(/C=N\NC(=O)C(=O)NC(C)(C)C)c(C)n1-c1cccc(Br)c1. The summed E-state index contributed by atoms with van der Waals surface area (Å²) in [6.07, 6.45) is 1.54. The molecule has 138 valence electrons. The number of aromatic nitrogens is 1. The van der Waals surface area contributed by atoms with Crippen molar-refractivity contribution in [3.8, 4) is 5.69 Å². The number of benzene rings is 1. The van der Waals surface area contributed by atoms with Crippen LogP contribution in [0.15, 0.2) is 39.9 Å². The lowest BCUT2D eigenvalue weighted by Gasteiger charge is -2.19. The number of amides is 2. The standard InChI is InChI=1S/C19H23BrN4O2/c1-12-9-14(11-21-23-18(26)17(25)22-19(3,4)5)13(2)24(12)16-8-6-7-15(20)10-16/h6-11H,1-5H3,(H,22,25)(H,23,26)/b21-11-. The van der Waals surface area contributed by atoms with Crippen LogP contribution in [0.2, 0.25) is 0 Å². The van der Waals surface area contributed by atoms with Gasteiger partial charge in [0.05, 0.1) is 6.21 Å². The fourth-order valence-electron chi connectivity index (χ4n) is 2.54. The van der Waals surface area contributed by atoms with Crippen molar-refractivity contribution in [2.24, 2.45) is 5.10 Å². The van der Waals surface area contributed by atoms with Crippen LogP contribution in [0.25, 0.3) is 5.69 Å². The second-order valence-corrected chi connectivity index (χ2v) is 7.96. The van der Waals surface area contributed by atoms with E-state index in [1.807, 2.05) is 44.2 Å². The summed E-state index contributed by atoms with van der Waals surface area (Å²) < 4.78 is 3.09. The third-order valence-electron chi connectivity index (χ3n) is 3.60. The molecule has 2 N–H and O–H groups in total. The first-order valence-corrected chi connectivity index (χ1v) is 8.98. The first kappa shape index (κ1) is 19.9. The zero-order valence-electron chi connectivity index (χ0n) is 15.6. The minimum absolute atomic E-state index is 0.479. The molecule has 0 fully saturated rings. The Bertz CT molecular complexity index is 863. The van der Waals surface area contributed by atoms with Crippen molar-refractivity contribution in [2.45, 2.75) is 40.2 Å². The third kappa shape index (κ3) is 5.05. The molecule has 2 amide bonds. The van der Waals surface area contributed by atoms with Gasteiger partial charge >= 0.3 is 11.8 Å². The summed E-state index contributed by atoms with van der Waals surface area (Å²) in [6.45, 7) is 9.39. The maximum absolute atomic E-state index is 11.8. The molecule has 1 heterocycles. The Hall–Kier alpha value is -2.41. The number of carbonyl (C=O) groups excluding carboxylic acids is 2.